The van der Waals surface area contributed by atoms with Crippen molar-refractivity contribution in [3.05, 3.63) is 53.7 Å². The van der Waals surface area contributed by atoms with Crippen LogP contribution in [0.5, 0.6) is 5.88 Å². The highest BCUT2D eigenvalue weighted by Crippen LogP contribution is 2.50. The van der Waals surface area contributed by atoms with Crippen LogP contribution < -0.4 is 15.2 Å². The van der Waals surface area contributed by atoms with E-state index < -0.39 is 67.7 Å². The molecule has 4 rings (SSSR count). The van der Waals surface area contributed by atoms with Crippen molar-refractivity contribution in [2.24, 2.45) is 17.3 Å². The van der Waals surface area contributed by atoms with E-state index >= 15 is 0 Å². The maximum absolute atomic E-state index is 14.5. The monoisotopic (exact) mass is 601 g/mol. The zero-order valence-electron chi connectivity index (χ0n) is 25.8. The second-order valence-electron chi connectivity index (χ2n) is 14.0. The largest absolute Gasteiger partial charge is 0.481 e. The highest BCUT2D eigenvalue weighted by atomic mass is 28.3. The Morgan fingerprint density at radius 3 is 2.40 bits per heavy atom. The van der Waals surface area contributed by atoms with Gasteiger partial charge in [0.25, 0.3) is 0 Å². The van der Waals surface area contributed by atoms with Crippen LogP contribution in [0.1, 0.15) is 63.6 Å². The summed E-state index contributed by atoms with van der Waals surface area (Å²) in [5.41, 5.74) is 1.08. The van der Waals surface area contributed by atoms with Crippen molar-refractivity contribution >= 4 is 25.1 Å². The number of likely N-dealkylation sites (tertiary alicyclic amines) is 1. The number of benzene rings is 1. The number of aliphatic carboxylic acids is 1. The number of carbonyl (C=O) groups is 2. The zero-order chi connectivity index (χ0) is 31.0. The summed E-state index contributed by atoms with van der Waals surface area (Å²) in [7, 11) is -0.121. The second-order valence-corrected chi connectivity index (χ2v) is 19.1. The van der Waals surface area contributed by atoms with Crippen LogP contribution in [-0.2, 0) is 16.1 Å². The molecule has 2 aromatic rings. The van der Waals surface area contributed by atoms with Gasteiger partial charge in [0, 0.05) is 49.0 Å². The quantitative estimate of drug-likeness (QED) is 0.382. The molecule has 2 fully saturated rings. The molecule has 42 heavy (non-hydrogen) atoms. The van der Waals surface area contributed by atoms with Gasteiger partial charge in [-0.05, 0) is 29.0 Å². The number of carbonyl (C=O) groups excluding carboxylic acids is 1. The van der Waals surface area contributed by atoms with Crippen LogP contribution in [0.25, 0.3) is 0 Å². The fourth-order valence-electron chi connectivity index (χ4n) is 6.77. The van der Waals surface area contributed by atoms with E-state index in [0.29, 0.717) is 18.8 Å². The Bertz CT molecular complexity index is 1280. The third-order valence-electron chi connectivity index (χ3n) is 8.82. The van der Waals surface area contributed by atoms with Gasteiger partial charge in [-0.25, -0.2) is 18.6 Å². The normalized spacial score (nSPS) is 26.2. The van der Waals surface area contributed by atoms with Gasteiger partial charge < -0.3 is 20.1 Å². The molecule has 2 heterocycles. The molecule has 1 aliphatic heterocycles. The number of hydrogen-bond acceptors (Lipinski definition) is 5. The first-order valence-corrected chi connectivity index (χ1v) is 18.3. The van der Waals surface area contributed by atoms with E-state index in [-0.39, 0.29) is 12.8 Å². The van der Waals surface area contributed by atoms with Crippen molar-refractivity contribution in [3.63, 3.8) is 0 Å². The molecule has 1 aromatic carbocycles. The number of rotatable bonds is 8. The fourth-order valence-corrected chi connectivity index (χ4v) is 7.83. The number of aromatic nitrogens is 1. The molecule has 0 radical (unpaired) electrons. The molecule has 2 N–H and O–H groups in total. The van der Waals surface area contributed by atoms with Gasteiger partial charge >= 0.3 is 5.97 Å². The van der Waals surface area contributed by atoms with E-state index in [1.54, 1.807) is 7.11 Å². The lowest BCUT2D eigenvalue weighted by atomic mass is 9.72. The number of ether oxygens (including phenoxy) is 1. The number of methoxy groups -OCH3 is 1. The second kappa shape index (κ2) is 12.0. The number of halogens is 2. The minimum Gasteiger partial charge on any atom is -0.481 e. The number of hydrogen-bond donors (Lipinski definition) is 2. The molecule has 2 aliphatic rings. The van der Waals surface area contributed by atoms with Crippen molar-refractivity contribution in [2.45, 2.75) is 96.7 Å². The summed E-state index contributed by atoms with van der Waals surface area (Å²) in [5.74, 6) is -5.54. The van der Waals surface area contributed by atoms with Gasteiger partial charge in [-0.15, -0.1) is 0 Å². The standard InChI is InChI=1S/C32H45F2N3O4Si/c1-31(2,3)24-25(35-18-22-16-23(42(5,6)7)19-36-28(22)41-4)26(20-12-9-8-10-13-20)37(27(24)30(39)40)29(38)21-14-11-15-32(33,34)17-21/h8-10,12-13,16,19,21,24-27,35H,11,14-15,17-18H2,1-7H3,(H,39,40)/t21-,24+,25+,26+,27+/m1/s1. The van der Waals surface area contributed by atoms with Crippen LogP contribution in [0, 0.1) is 17.3 Å². The predicted octanol–water partition coefficient (Wildman–Crippen LogP) is 5.62. The van der Waals surface area contributed by atoms with Crippen LogP contribution in [0.15, 0.2) is 42.6 Å². The Labute approximate surface area is 249 Å². The van der Waals surface area contributed by atoms with Crippen LogP contribution in [0.4, 0.5) is 8.78 Å². The van der Waals surface area contributed by atoms with Gasteiger partial charge in [0.05, 0.1) is 21.2 Å². The van der Waals surface area contributed by atoms with Crippen molar-refractivity contribution < 1.29 is 28.2 Å². The topological polar surface area (TPSA) is 91.8 Å². The Kier molecular flexibility index (Phi) is 9.19. The first-order chi connectivity index (χ1) is 19.5. The smallest absolute Gasteiger partial charge is 0.326 e. The Morgan fingerprint density at radius 2 is 1.86 bits per heavy atom. The lowest BCUT2D eigenvalue weighted by Crippen LogP contribution is -2.50. The third-order valence-corrected chi connectivity index (χ3v) is 10.8. The number of nitrogens with zero attached hydrogens (tertiary/aromatic N) is 2. The first kappa shape index (κ1) is 32.1. The van der Waals surface area contributed by atoms with Gasteiger partial charge in [-0.1, -0.05) is 76.8 Å². The van der Waals surface area contributed by atoms with Crippen molar-refractivity contribution in [3.8, 4) is 5.88 Å². The summed E-state index contributed by atoms with van der Waals surface area (Å²) in [6, 6.07) is 9.10. The molecule has 230 valence electrons. The van der Waals surface area contributed by atoms with Crippen LogP contribution in [-0.4, -0.2) is 60.1 Å². The van der Waals surface area contributed by atoms with Gasteiger partial charge in [0.2, 0.25) is 17.7 Å². The Balaban J connectivity index is 1.82. The van der Waals surface area contributed by atoms with E-state index in [1.807, 2.05) is 57.3 Å². The maximum Gasteiger partial charge on any atom is 0.326 e. The number of carboxylic acids is 1. The summed E-state index contributed by atoms with van der Waals surface area (Å²) in [6.07, 6.45) is 1.61. The van der Waals surface area contributed by atoms with Gasteiger partial charge in [0.1, 0.15) is 6.04 Å². The summed E-state index contributed by atoms with van der Waals surface area (Å²) in [5, 5.41) is 15.4. The van der Waals surface area contributed by atoms with Crippen molar-refractivity contribution in [1.82, 2.24) is 15.2 Å². The average molecular weight is 602 g/mol. The number of pyridine rings is 1. The summed E-state index contributed by atoms with van der Waals surface area (Å²) in [4.78, 5) is 33.2. The molecule has 1 saturated carbocycles. The maximum atomic E-state index is 14.5. The lowest BCUT2D eigenvalue weighted by molar-refractivity contribution is -0.157. The lowest BCUT2D eigenvalue weighted by Gasteiger charge is -2.37. The molecule has 0 unspecified atom stereocenters. The molecular formula is C32H45F2N3O4Si. The molecule has 7 nitrogen and oxygen atoms in total. The zero-order valence-corrected chi connectivity index (χ0v) is 26.8. The summed E-state index contributed by atoms with van der Waals surface area (Å²) < 4.78 is 34.6. The van der Waals surface area contributed by atoms with Gasteiger partial charge in [0.15, 0.2) is 0 Å². The van der Waals surface area contributed by atoms with Crippen LogP contribution in [0.3, 0.4) is 0 Å². The number of carboxylic acid groups (broad SMARTS) is 1. The molecule has 0 bridgehead atoms. The van der Waals surface area contributed by atoms with Crippen molar-refractivity contribution in [2.75, 3.05) is 7.11 Å². The molecule has 5 atom stereocenters. The van der Waals surface area contributed by atoms with E-state index in [0.717, 1.165) is 16.3 Å². The summed E-state index contributed by atoms with van der Waals surface area (Å²) >= 11 is 0. The summed E-state index contributed by atoms with van der Waals surface area (Å²) in [6.45, 7) is 13.0. The van der Waals surface area contributed by atoms with Crippen LogP contribution in [0.2, 0.25) is 19.6 Å². The Hall–Kier alpha value is -2.85. The highest BCUT2D eigenvalue weighted by molar-refractivity contribution is 6.88. The van der Waals surface area contributed by atoms with Gasteiger partial charge in [-0.3, -0.25) is 4.79 Å². The predicted molar refractivity (Wildman–Crippen MR) is 162 cm³/mol. The SMILES string of the molecule is COc1ncc([Si](C)(C)C)cc1CN[C@H]1[C@H](C(C)(C)C)[C@@H](C(=O)O)N(C(=O)[C@@H]2CCCC(F)(F)C2)[C@H]1c1ccccc1. The minimum atomic E-state index is -2.94. The fraction of sp³-hybridized carbons (Fsp3) is 0.594. The molecule has 1 aliphatic carbocycles. The minimum absolute atomic E-state index is 0.232. The van der Waals surface area contributed by atoms with E-state index in [4.69, 9.17) is 4.74 Å². The molecule has 1 saturated heterocycles. The Morgan fingerprint density at radius 1 is 1.19 bits per heavy atom. The van der Waals surface area contributed by atoms with E-state index in [9.17, 15) is 23.5 Å². The van der Waals surface area contributed by atoms with Gasteiger partial charge in [-0.2, -0.15) is 0 Å². The third kappa shape index (κ3) is 6.69. The molecule has 1 aromatic heterocycles. The van der Waals surface area contributed by atoms with Crippen molar-refractivity contribution in [1.29, 1.82) is 0 Å². The first-order valence-electron chi connectivity index (χ1n) is 14.8. The van der Waals surface area contributed by atoms with Crippen LogP contribution >= 0.6 is 0 Å². The number of nitrogens with one attached hydrogen (secondary N) is 1. The van der Waals surface area contributed by atoms with E-state index in [1.165, 1.54) is 4.90 Å². The number of amides is 1. The molecule has 1 amide bonds. The highest BCUT2D eigenvalue weighted by Gasteiger charge is 2.59. The molecule has 10 heteroatoms. The number of alkyl halides is 2. The van der Waals surface area contributed by atoms with E-state index in [2.05, 4.69) is 36.0 Å². The average Bonchev–Trinajstić information content (AvgIpc) is 3.26. The molecule has 0 spiro atoms. The molecular weight excluding hydrogens is 556 g/mol.